The van der Waals surface area contributed by atoms with E-state index in [-0.39, 0.29) is 11.5 Å². The van der Waals surface area contributed by atoms with Crippen molar-refractivity contribution in [1.82, 2.24) is 5.16 Å². The van der Waals surface area contributed by atoms with Gasteiger partial charge in [-0.3, -0.25) is 0 Å². The number of carbonyl (C=O) groups is 1. The molecule has 6 heteroatoms. The Balaban J connectivity index is 2.19. The van der Waals surface area contributed by atoms with E-state index in [1.54, 1.807) is 0 Å². The molecule has 21 heavy (non-hydrogen) atoms. The predicted octanol–water partition coefficient (Wildman–Crippen LogP) is 3.78. The highest BCUT2D eigenvalue weighted by molar-refractivity contribution is 9.10. The van der Waals surface area contributed by atoms with E-state index in [1.165, 1.54) is 11.6 Å². The Labute approximate surface area is 129 Å². The van der Waals surface area contributed by atoms with Gasteiger partial charge in [0.05, 0.1) is 10.0 Å². The van der Waals surface area contributed by atoms with Gasteiger partial charge in [0.15, 0.2) is 0 Å². The predicted molar refractivity (Wildman–Crippen MR) is 79.5 cm³/mol. The van der Waals surface area contributed by atoms with Crippen molar-refractivity contribution in [3.63, 3.8) is 0 Å². The fraction of sp³-hybridized carbons (Fsp3) is 0.333. The number of rotatable bonds is 2. The van der Waals surface area contributed by atoms with E-state index in [0.717, 1.165) is 37.7 Å². The van der Waals surface area contributed by atoms with Crippen molar-refractivity contribution in [2.75, 3.05) is 0 Å². The molecule has 0 fully saturated rings. The molecule has 1 aromatic heterocycles. The molecule has 0 saturated heterocycles. The van der Waals surface area contributed by atoms with Gasteiger partial charge in [0, 0.05) is 6.07 Å². The molecule has 0 radical (unpaired) electrons. The summed E-state index contributed by atoms with van der Waals surface area (Å²) < 4.78 is 5.42. The number of nitrogens with zero attached hydrogens (tertiary/aromatic N) is 1. The molecule has 2 N–H and O–H groups in total. The Morgan fingerprint density at radius 1 is 1.24 bits per heavy atom. The van der Waals surface area contributed by atoms with Crippen molar-refractivity contribution in [1.29, 1.82) is 0 Å². The first kappa shape index (κ1) is 14.1. The van der Waals surface area contributed by atoms with Crippen molar-refractivity contribution in [3.05, 3.63) is 33.5 Å². The number of hydrogen-bond acceptors (Lipinski definition) is 4. The van der Waals surface area contributed by atoms with Crippen molar-refractivity contribution >= 4 is 21.9 Å². The second kappa shape index (κ2) is 5.52. The number of aryl methyl sites for hydroxylation is 1. The number of halogens is 1. The van der Waals surface area contributed by atoms with Gasteiger partial charge in [0.25, 0.3) is 0 Å². The summed E-state index contributed by atoms with van der Waals surface area (Å²) >= 11 is 3.36. The first-order valence-corrected chi connectivity index (χ1v) is 7.61. The number of hydrogen-bond donors (Lipinski definition) is 2. The summed E-state index contributed by atoms with van der Waals surface area (Å²) in [5.41, 5.74) is 3.16. The van der Waals surface area contributed by atoms with Crippen LogP contribution in [0.2, 0.25) is 0 Å². The molecular formula is C15H14BrNO4. The van der Waals surface area contributed by atoms with Gasteiger partial charge in [-0.15, -0.1) is 0 Å². The SMILES string of the molecule is O=C(O)c1cc(-c2c(O)c(Br)cc3c2CCCCC3)no1. The molecule has 5 nitrogen and oxygen atoms in total. The Kier molecular flexibility index (Phi) is 3.71. The van der Waals surface area contributed by atoms with Crippen LogP contribution in [0.25, 0.3) is 11.3 Å². The molecule has 110 valence electrons. The second-order valence-electron chi connectivity index (χ2n) is 5.16. The summed E-state index contributed by atoms with van der Waals surface area (Å²) in [6, 6.07) is 3.30. The van der Waals surface area contributed by atoms with Crippen LogP contribution in [0.15, 0.2) is 21.1 Å². The van der Waals surface area contributed by atoms with Crippen LogP contribution < -0.4 is 0 Å². The number of carboxylic acids is 1. The van der Waals surface area contributed by atoms with Crippen LogP contribution in [0.5, 0.6) is 5.75 Å². The van der Waals surface area contributed by atoms with E-state index in [1.807, 2.05) is 6.07 Å². The Morgan fingerprint density at radius 2 is 2.00 bits per heavy atom. The standard InChI is InChI=1S/C15H14BrNO4/c16-10-6-8-4-2-1-3-5-9(8)13(14(10)18)11-7-12(15(19)20)21-17-11/h6-7,18H,1-5H2,(H,19,20). The van der Waals surface area contributed by atoms with Crippen molar-refractivity contribution in [2.45, 2.75) is 32.1 Å². The zero-order valence-electron chi connectivity index (χ0n) is 11.2. The fourth-order valence-corrected chi connectivity index (χ4v) is 3.28. The maximum absolute atomic E-state index is 10.9. The number of carboxylic acid groups (broad SMARTS) is 1. The molecule has 1 aliphatic rings. The summed E-state index contributed by atoms with van der Waals surface area (Å²) in [5.74, 6) is -1.32. The van der Waals surface area contributed by atoms with Crippen LogP contribution in [0.4, 0.5) is 0 Å². The number of phenolic OH excluding ortho intramolecular Hbond substituents is 1. The molecule has 0 bridgehead atoms. The van der Waals surface area contributed by atoms with Gasteiger partial charge in [0.1, 0.15) is 11.4 Å². The molecule has 1 aliphatic carbocycles. The Hall–Kier alpha value is -1.82. The van der Waals surface area contributed by atoms with E-state index in [4.69, 9.17) is 9.63 Å². The van der Waals surface area contributed by atoms with Crippen molar-refractivity contribution < 1.29 is 19.5 Å². The van der Waals surface area contributed by atoms with Crippen LogP contribution in [-0.2, 0) is 12.8 Å². The highest BCUT2D eigenvalue weighted by Crippen LogP contribution is 2.42. The summed E-state index contributed by atoms with van der Waals surface area (Å²) in [5, 5.41) is 23.1. The number of aromatic carboxylic acids is 1. The fourth-order valence-electron chi connectivity index (χ4n) is 2.80. The average molecular weight is 352 g/mol. The smallest absolute Gasteiger partial charge is 0.374 e. The highest BCUT2D eigenvalue weighted by atomic mass is 79.9. The van der Waals surface area contributed by atoms with Crippen LogP contribution in [-0.4, -0.2) is 21.3 Å². The summed E-state index contributed by atoms with van der Waals surface area (Å²) in [6.07, 6.45) is 5.10. The quantitative estimate of drug-likeness (QED) is 0.804. The minimum Gasteiger partial charge on any atom is -0.506 e. The van der Waals surface area contributed by atoms with Gasteiger partial charge in [-0.1, -0.05) is 11.6 Å². The molecule has 3 rings (SSSR count). The van der Waals surface area contributed by atoms with Gasteiger partial charge in [-0.2, -0.15) is 0 Å². The maximum atomic E-state index is 10.9. The molecule has 1 aromatic carbocycles. The van der Waals surface area contributed by atoms with E-state index >= 15 is 0 Å². The number of aromatic nitrogens is 1. The third-order valence-corrected chi connectivity index (χ3v) is 4.41. The Bertz CT molecular complexity index is 708. The zero-order chi connectivity index (χ0) is 15.0. The van der Waals surface area contributed by atoms with Gasteiger partial charge in [-0.05, 0) is 58.8 Å². The summed E-state index contributed by atoms with van der Waals surface area (Å²) in [7, 11) is 0. The van der Waals surface area contributed by atoms with Gasteiger partial charge >= 0.3 is 5.97 Å². The average Bonchev–Trinajstić information content (AvgIpc) is 2.82. The molecule has 0 unspecified atom stereocenters. The Morgan fingerprint density at radius 3 is 2.71 bits per heavy atom. The lowest BCUT2D eigenvalue weighted by Crippen LogP contribution is -1.97. The maximum Gasteiger partial charge on any atom is 0.374 e. The van der Waals surface area contributed by atoms with E-state index in [9.17, 15) is 9.90 Å². The minimum atomic E-state index is -1.17. The monoisotopic (exact) mass is 351 g/mol. The molecule has 0 saturated carbocycles. The molecule has 2 aromatic rings. The molecule has 0 spiro atoms. The van der Waals surface area contributed by atoms with Crippen LogP contribution in [0.3, 0.4) is 0 Å². The third kappa shape index (κ3) is 2.55. The topological polar surface area (TPSA) is 83.6 Å². The highest BCUT2D eigenvalue weighted by Gasteiger charge is 2.23. The first-order valence-electron chi connectivity index (χ1n) is 6.81. The molecule has 1 heterocycles. The summed E-state index contributed by atoms with van der Waals surface area (Å²) in [6.45, 7) is 0. The number of fused-ring (bicyclic) bond motifs is 1. The van der Waals surface area contributed by atoms with Crippen LogP contribution in [0.1, 0.15) is 40.9 Å². The molecular weight excluding hydrogens is 338 g/mol. The van der Waals surface area contributed by atoms with Crippen LogP contribution >= 0.6 is 15.9 Å². The number of phenols is 1. The number of benzene rings is 1. The third-order valence-electron chi connectivity index (χ3n) is 3.80. The van der Waals surface area contributed by atoms with Crippen LogP contribution in [0, 0.1) is 0 Å². The molecule has 0 atom stereocenters. The van der Waals surface area contributed by atoms with Crippen molar-refractivity contribution in [3.8, 4) is 17.0 Å². The minimum absolute atomic E-state index is 0.0842. The lowest BCUT2D eigenvalue weighted by atomic mass is 9.94. The molecule has 0 amide bonds. The largest absolute Gasteiger partial charge is 0.506 e. The summed E-state index contributed by atoms with van der Waals surface area (Å²) in [4.78, 5) is 10.9. The normalized spacial score (nSPS) is 14.5. The number of aromatic hydroxyl groups is 1. The first-order chi connectivity index (χ1) is 10.1. The van der Waals surface area contributed by atoms with Gasteiger partial charge < -0.3 is 14.7 Å². The van der Waals surface area contributed by atoms with E-state index in [2.05, 4.69) is 21.1 Å². The van der Waals surface area contributed by atoms with Gasteiger partial charge in [0.2, 0.25) is 5.76 Å². The van der Waals surface area contributed by atoms with E-state index < -0.39 is 5.97 Å². The lowest BCUT2D eigenvalue weighted by Gasteiger charge is -2.14. The van der Waals surface area contributed by atoms with Crippen molar-refractivity contribution in [2.24, 2.45) is 0 Å². The zero-order valence-corrected chi connectivity index (χ0v) is 12.8. The second-order valence-corrected chi connectivity index (χ2v) is 6.02. The lowest BCUT2D eigenvalue weighted by molar-refractivity contribution is 0.0652. The van der Waals surface area contributed by atoms with E-state index in [0.29, 0.717) is 15.7 Å². The van der Waals surface area contributed by atoms with Gasteiger partial charge in [-0.25, -0.2) is 4.79 Å². The molecule has 0 aliphatic heterocycles.